The number of ether oxygens (including phenoxy) is 1. The zero-order chi connectivity index (χ0) is 17.1. The molecule has 0 atom stereocenters. The summed E-state index contributed by atoms with van der Waals surface area (Å²) < 4.78 is 19.1. The Balaban J connectivity index is 1.73. The number of carboxylic acid groups (broad SMARTS) is 1. The second-order valence-electron chi connectivity index (χ2n) is 5.14. The van der Waals surface area contributed by atoms with Gasteiger partial charge < -0.3 is 9.84 Å². The van der Waals surface area contributed by atoms with E-state index in [0.717, 1.165) is 16.9 Å². The van der Waals surface area contributed by atoms with Crippen LogP contribution in [0.15, 0.2) is 48.5 Å². The maximum atomic E-state index is 13.5. The molecule has 3 aromatic rings. The number of rotatable bonds is 5. The lowest BCUT2D eigenvalue weighted by Gasteiger charge is -2.07. The van der Waals surface area contributed by atoms with Crippen molar-refractivity contribution < 1.29 is 19.0 Å². The van der Waals surface area contributed by atoms with Crippen LogP contribution in [0.1, 0.15) is 20.9 Å². The highest BCUT2D eigenvalue weighted by Gasteiger charge is 2.15. The lowest BCUT2D eigenvalue weighted by Crippen LogP contribution is -1.97. The molecule has 0 aliphatic heterocycles. The molecule has 1 heterocycles. The molecule has 0 aliphatic carbocycles. The van der Waals surface area contributed by atoms with Gasteiger partial charge >= 0.3 is 5.97 Å². The van der Waals surface area contributed by atoms with Crippen molar-refractivity contribution in [2.75, 3.05) is 0 Å². The number of thiazole rings is 1. The molecule has 122 valence electrons. The Hall–Kier alpha value is -2.73. The van der Waals surface area contributed by atoms with Crippen molar-refractivity contribution >= 4 is 17.3 Å². The van der Waals surface area contributed by atoms with E-state index < -0.39 is 5.97 Å². The van der Waals surface area contributed by atoms with Gasteiger partial charge in [-0.1, -0.05) is 18.2 Å². The quantitative estimate of drug-likeness (QED) is 0.739. The summed E-state index contributed by atoms with van der Waals surface area (Å²) in [5, 5.41) is 9.73. The first-order valence-corrected chi connectivity index (χ1v) is 8.03. The second kappa shape index (κ2) is 6.80. The SMILES string of the molecule is Cc1nc(-c2ccc(OCc3ccccc3F)cc2)sc1C(=O)O. The van der Waals surface area contributed by atoms with Crippen molar-refractivity contribution in [3.8, 4) is 16.3 Å². The fraction of sp³-hybridized carbons (Fsp3) is 0.111. The number of aryl methyl sites for hydroxylation is 1. The Morgan fingerprint density at radius 2 is 1.92 bits per heavy atom. The van der Waals surface area contributed by atoms with Crippen LogP contribution in [0.4, 0.5) is 4.39 Å². The molecule has 1 N–H and O–H groups in total. The largest absolute Gasteiger partial charge is 0.489 e. The predicted molar refractivity (Wildman–Crippen MR) is 90.0 cm³/mol. The van der Waals surface area contributed by atoms with Crippen molar-refractivity contribution in [2.45, 2.75) is 13.5 Å². The zero-order valence-corrected chi connectivity index (χ0v) is 13.6. The van der Waals surface area contributed by atoms with E-state index in [4.69, 9.17) is 9.84 Å². The number of carbonyl (C=O) groups is 1. The molecule has 4 nitrogen and oxygen atoms in total. The molecule has 0 spiro atoms. The number of aromatic carboxylic acids is 1. The predicted octanol–water partition coefficient (Wildman–Crippen LogP) is 4.53. The van der Waals surface area contributed by atoms with Gasteiger partial charge in [0, 0.05) is 11.1 Å². The Bertz CT molecular complexity index is 874. The summed E-state index contributed by atoms with van der Waals surface area (Å²) in [4.78, 5) is 15.6. The van der Waals surface area contributed by atoms with Gasteiger partial charge in [-0.15, -0.1) is 11.3 Å². The average Bonchev–Trinajstić information content (AvgIpc) is 2.97. The number of carboxylic acids is 1. The van der Waals surface area contributed by atoms with Crippen molar-refractivity contribution in [1.82, 2.24) is 4.98 Å². The summed E-state index contributed by atoms with van der Waals surface area (Å²) in [7, 11) is 0. The molecule has 0 saturated carbocycles. The first-order chi connectivity index (χ1) is 11.5. The molecule has 0 aliphatic rings. The third-order valence-electron chi connectivity index (χ3n) is 3.44. The highest BCUT2D eigenvalue weighted by molar-refractivity contribution is 7.17. The standard InChI is InChI=1S/C18H14FNO3S/c1-11-16(18(21)22)24-17(20-11)12-6-8-14(9-7-12)23-10-13-4-2-3-5-15(13)19/h2-9H,10H2,1H3,(H,21,22). The maximum Gasteiger partial charge on any atom is 0.347 e. The molecule has 2 aromatic carbocycles. The van der Waals surface area contributed by atoms with Gasteiger partial charge in [0.2, 0.25) is 0 Å². The first-order valence-electron chi connectivity index (χ1n) is 7.22. The van der Waals surface area contributed by atoms with Crippen molar-refractivity contribution in [1.29, 1.82) is 0 Å². The highest BCUT2D eigenvalue weighted by atomic mass is 32.1. The van der Waals surface area contributed by atoms with Gasteiger partial charge in [-0.3, -0.25) is 0 Å². The molecule has 0 unspecified atom stereocenters. The van der Waals surface area contributed by atoms with Crippen LogP contribution < -0.4 is 4.74 Å². The number of nitrogens with zero attached hydrogens (tertiary/aromatic N) is 1. The molecule has 1 aromatic heterocycles. The number of benzene rings is 2. The van der Waals surface area contributed by atoms with E-state index >= 15 is 0 Å². The summed E-state index contributed by atoms with van der Waals surface area (Å²) in [6.07, 6.45) is 0. The summed E-state index contributed by atoms with van der Waals surface area (Å²) >= 11 is 1.14. The van der Waals surface area contributed by atoms with Crippen LogP contribution in [0.2, 0.25) is 0 Å². The molecule has 0 amide bonds. The van der Waals surface area contributed by atoms with E-state index in [1.807, 2.05) is 0 Å². The van der Waals surface area contributed by atoms with Gasteiger partial charge in [-0.2, -0.15) is 0 Å². The van der Waals surface area contributed by atoms with Crippen LogP contribution in [-0.2, 0) is 6.61 Å². The Morgan fingerprint density at radius 3 is 2.54 bits per heavy atom. The minimum absolute atomic E-state index is 0.144. The number of aromatic nitrogens is 1. The van der Waals surface area contributed by atoms with Gasteiger partial charge in [0.05, 0.1) is 5.69 Å². The number of halogens is 1. The van der Waals surface area contributed by atoms with Crippen LogP contribution >= 0.6 is 11.3 Å². The normalized spacial score (nSPS) is 10.6. The first kappa shape index (κ1) is 16.1. The minimum Gasteiger partial charge on any atom is -0.489 e. The van der Waals surface area contributed by atoms with Crippen LogP contribution in [0.25, 0.3) is 10.6 Å². The molecular weight excluding hydrogens is 329 g/mol. The van der Waals surface area contributed by atoms with E-state index in [9.17, 15) is 9.18 Å². The molecule has 0 saturated heterocycles. The van der Waals surface area contributed by atoms with Gasteiger partial charge in [0.1, 0.15) is 28.1 Å². The van der Waals surface area contributed by atoms with Gasteiger partial charge in [0.15, 0.2) is 0 Å². The van der Waals surface area contributed by atoms with E-state index in [1.54, 1.807) is 49.4 Å². The molecule has 0 radical (unpaired) electrons. The Kier molecular flexibility index (Phi) is 4.57. The lowest BCUT2D eigenvalue weighted by molar-refractivity contribution is 0.0701. The average molecular weight is 343 g/mol. The van der Waals surface area contributed by atoms with Crippen LogP contribution in [0.3, 0.4) is 0 Å². The number of hydrogen-bond acceptors (Lipinski definition) is 4. The van der Waals surface area contributed by atoms with Crippen LogP contribution in [0, 0.1) is 12.7 Å². The summed E-state index contributed by atoms with van der Waals surface area (Å²) in [6.45, 7) is 1.82. The maximum absolute atomic E-state index is 13.5. The highest BCUT2D eigenvalue weighted by Crippen LogP contribution is 2.29. The minimum atomic E-state index is -0.971. The third kappa shape index (κ3) is 3.44. The van der Waals surface area contributed by atoms with E-state index in [1.165, 1.54) is 6.07 Å². The summed E-state index contributed by atoms with van der Waals surface area (Å²) in [6, 6.07) is 13.6. The second-order valence-corrected chi connectivity index (χ2v) is 6.14. The lowest BCUT2D eigenvalue weighted by atomic mass is 10.2. The molecular formula is C18H14FNO3S. The van der Waals surface area contributed by atoms with Crippen LogP contribution in [-0.4, -0.2) is 16.1 Å². The van der Waals surface area contributed by atoms with Crippen molar-refractivity contribution in [3.63, 3.8) is 0 Å². The number of hydrogen-bond donors (Lipinski definition) is 1. The van der Waals surface area contributed by atoms with Gasteiger partial charge in [-0.25, -0.2) is 14.2 Å². The topological polar surface area (TPSA) is 59.4 Å². The molecule has 24 heavy (non-hydrogen) atoms. The summed E-state index contributed by atoms with van der Waals surface area (Å²) in [5.74, 6) is -0.664. The Morgan fingerprint density at radius 1 is 1.21 bits per heavy atom. The monoisotopic (exact) mass is 343 g/mol. The van der Waals surface area contributed by atoms with E-state index in [2.05, 4.69) is 4.98 Å². The van der Waals surface area contributed by atoms with Gasteiger partial charge in [0.25, 0.3) is 0 Å². The van der Waals surface area contributed by atoms with E-state index in [0.29, 0.717) is 22.0 Å². The molecule has 0 bridgehead atoms. The third-order valence-corrected chi connectivity index (χ3v) is 4.64. The molecule has 3 rings (SSSR count). The fourth-order valence-electron chi connectivity index (χ4n) is 2.19. The fourth-order valence-corrected chi connectivity index (χ4v) is 3.10. The Labute approximate surface area is 142 Å². The van der Waals surface area contributed by atoms with Crippen LogP contribution in [0.5, 0.6) is 5.75 Å². The van der Waals surface area contributed by atoms with Crippen molar-refractivity contribution in [3.05, 3.63) is 70.5 Å². The molecule has 0 fully saturated rings. The molecule has 6 heteroatoms. The smallest absolute Gasteiger partial charge is 0.347 e. The van der Waals surface area contributed by atoms with Crippen molar-refractivity contribution in [2.24, 2.45) is 0 Å². The zero-order valence-electron chi connectivity index (χ0n) is 12.8. The van der Waals surface area contributed by atoms with E-state index in [-0.39, 0.29) is 17.3 Å². The summed E-state index contributed by atoms with van der Waals surface area (Å²) in [5.41, 5.74) is 1.81. The van der Waals surface area contributed by atoms with Gasteiger partial charge in [-0.05, 0) is 37.3 Å².